The lowest BCUT2D eigenvalue weighted by Crippen LogP contribution is -2.49. The lowest BCUT2D eigenvalue weighted by atomic mass is 10.2. The van der Waals surface area contributed by atoms with Crippen LogP contribution in [0, 0.1) is 0 Å². The summed E-state index contributed by atoms with van der Waals surface area (Å²) < 4.78 is 0. The third kappa shape index (κ3) is 6.05. The Bertz CT molecular complexity index is 610. The summed E-state index contributed by atoms with van der Waals surface area (Å²) in [5.41, 5.74) is 0.500. The Kier molecular flexibility index (Phi) is 7.28. The molecule has 3 N–H and O–H groups in total. The second-order valence-corrected chi connectivity index (χ2v) is 5.65. The van der Waals surface area contributed by atoms with Gasteiger partial charge < -0.3 is 10.6 Å². The minimum absolute atomic E-state index is 0.0391. The fourth-order valence-electron chi connectivity index (χ4n) is 1.62. The Morgan fingerprint density at radius 2 is 1.87 bits per heavy atom. The van der Waals surface area contributed by atoms with E-state index in [2.05, 4.69) is 16.0 Å². The van der Waals surface area contributed by atoms with E-state index in [4.69, 9.17) is 23.2 Å². The standard InChI is InChI=1S/C14H18Cl2N4O3/c1-8(13(22)19-14(23)17-2)20(3)7-12(21)18-9-4-5-10(15)11(16)6-9/h4-6,8H,7H2,1-3H3,(H,18,21)(H2,17,19,22,23). The molecule has 0 aliphatic heterocycles. The fourth-order valence-corrected chi connectivity index (χ4v) is 1.91. The minimum Gasteiger partial charge on any atom is -0.341 e. The largest absolute Gasteiger partial charge is 0.341 e. The molecule has 4 amide bonds. The van der Waals surface area contributed by atoms with Gasteiger partial charge in [-0.25, -0.2) is 4.79 Å². The predicted molar refractivity (Wildman–Crippen MR) is 89.8 cm³/mol. The van der Waals surface area contributed by atoms with E-state index >= 15 is 0 Å². The van der Waals surface area contributed by atoms with Gasteiger partial charge in [0.15, 0.2) is 0 Å². The van der Waals surface area contributed by atoms with Crippen molar-refractivity contribution in [2.24, 2.45) is 0 Å². The molecule has 23 heavy (non-hydrogen) atoms. The number of halogens is 2. The number of hydrogen-bond donors (Lipinski definition) is 3. The van der Waals surface area contributed by atoms with Crippen LogP contribution in [0.1, 0.15) is 6.92 Å². The van der Waals surface area contributed by atoms with Crippen molar-refractivity contribution >= 4 is 46.7 Å². The molecule has 0 bridgehead atoms. The molecule has 0 saturated carbocycles. The first-order valence-electron chi connectivity index (χ1n) is 6.72. The number of carbonyl (C=O) groups is 3. The maximum Gasteiger partial charge on any atom is 0.321 e. The van der Waals surface area contributed by atoms with E-state index in [9.17, 15) is 14.4 Å². The molecule has 7 nitrogen and oxygen atoms in total. The molecule has 126 valence electrons. The first-order chi connectivity index (χ1) is 10.7. The number of anilines is 1. The minimum atomic E-state index is -0.660. The molecular formula is C14H18Cl2N4O3. The molecule has 0 aliphatic rings. The summed E-state index contributed by atoms with van der Waals surface area (Å²) in [6, 6.07) is 3.46. The first kappa shape index (κ1) is 19.2. The van der Waals surface area contributed by atoms with Gasteiger partial charge in [0, 0.05) is 12.7 Å². The van der Waals surface area contributed by atoms with Gasteiger partial charge in [0.25, 0.3) is 0 Å². The van der Waals surface area contributed by atoms with Gasteiger partial charge in [-0.15, -0.1) is 0 Å². The highest BCUT2D eigenvalue weighted by atomic mass is 35.5. The molecule has 0 fully saturated rings. The monoisotopic (exact) mass is 360 g/mol. The van der Waals surface area contributed by atoms with Crippen molar-refractivity contribution in [3.05, 3.63) is 28.2 Å². The van der Waals surface area contributed by atoms with E-state index in [0.29, 0.717) is 15.7 Å². The maximum atomic E-state index is 12.0. The highest BCUT2D eigenvalue weighted by Crippen LogP contribution is 2.24. The normalized spacial score (nSPS) is 11.7. The average molecular weight is 361 g/mol. The topological polar surface area (TPSA) is 90.5 Å². The molecule has 1 aromatic rings. The van der Waals surface area contributed by atoms with E-state index in [-0.39, 0.29) is 12.5 Å². The van der Waals surface area contributed by atoms with E-state index in [1.165, 1.54) is 18.0 Å². The highest BCUT2D eigenvalue weighted by Gasteiger charge is 2.21. The quantitative estimate of drug-likeness (QED) is 0.745. The van der Waals surface area contributed by atoms with Gasteiger partial charge in [-0.1, -0.05) is 23.2 Å². The van der Waals surface area contributed by atoms with Crippen LogP contribution in [0.25, 0.3) is 0 Å². The summed E-state index contributed by atoms with van der Waals surface area (Å²) in [7, 11) is 3.00. The molecule has 0 aliphatic carbocycles. The van der Waals surface area contributed by atoms with E-state index in [1.807, 2.05) is 0 Å². The summed E-state index contributed by atoms with van der Waals surface area (Å²) in [4.78, 5) is 36.4. The Morgan fingerprint density at radius 1 is 1.22 bits per heavy atom. The number of amides is 4. The SMILES string of the molecule is CNC(=O)NC(=O)C(C)N(C)CC(=O)Nc1ccc(Cl)c(Cl)c1. The number of benzene rings is 1. The van der Waals surface area contributed by atoms with Gasteiger partial charge in [0.1, 0.15) is 0 Å². The zero-order valence-corrected chi connectivity index (χ0v) is 14.5. The Labute approximate surface area is 144 Å². The molecule has 0 saturated heterocycles. The second kappa shape index (κ2) is 8.71. The van der Waals surface area contributed by atoms with Gasteiger partial charge in [-0.2, -0.15) is 0 Å². The number of urea groups is 1. The molecular weight excluding hydrogens is 343 g/mol. The van der Waals surface area contributed by atoms with Crippen molar-refractivity contribution in [2.75, 3.05) is 26.0 Å². The number of hydrogen-bond acceptors (Lipinski definition) is 4. The molecule has 1 aromatic carbocycles. The van der Waals surface area contributed by atoms with Crippen LogP contribution in [-0.2, 0) is 9.59 Å². The summed E-state index contributed by atoms with van der Waals surface area (Å²) >= 11 is 11.7. The molecule has 9 heteroatoms. The van der Waals surface area contributed by atoms with Crippen LogP contribution in [0.3, 0.4) is 0 Å². The van der Waals surface area contributed by atoms with Gasteiger partial charge in [0.2, 0.25) is 11.8 Å². The first-order valence-corrected chi connectivity index (χ1v) is 7.48. The van der Waals surface area contributed by atoms with Crippen molar-refractivity contribution in [1.82, 2.24) is 15.5 Å². The Balaban J connectivity index is 2.56. The molecule has 0 spiro atoms. The van der Waals surface area contributed by atoms with E-state index < -0.39 is 18.0 Å². The smallest absolute Gasteiger partial charge is 0.321 e. The van der Waals surface area contributed by atoms with Crippen LogP contribution in [0.2, 0.25) is 10.0 Å². The van der Waals surface area contributed by atoms with Crippen molar-refractivity contribution < 1.29 is 14.4 Å². The highest BCUT2D eigenvalue weighted by molar-refractivity contribution is 6.42. The Hall–Kier alpha value is -1.83. The lowest BCUT2D eigenvalue weighted by Gasteiger charge is -2.22. The van der Waals surface area contributed by atoms with Crippen LogP contribution in [0.5, 0.6) is 0 Å². The zero-order valence-electron chi connectivity index (χ0n) is 12.9. The van der Waals surface area contributed by atoms with Gasteiger partial charge in [-0.3, -0.25) is 19.8 Å². The molecule has 1 atom stereocenters. The second-order valence-electron chi connectivity index (χ2n) is 4.84. The number of nitrogens with one attached hydrogen (secondary N) is 3. The van der Waals surface area contributed by atoms with E-state index in [1.54, 1.807) is 26.1 Å². The number of likely N-dealkylation sites (N-methyl/N-ethyl adjacent to an activating group) is 1. The molecule has 1 rings (SSSR count). The van der Waals surface area contributed by atoms with E-state index in [0.717, 1.165) is 0 Å². The number of rotatable bonds is 5. The lowest BCUT2D eigenvalue weighted by molar-refractivity contribution is -0.125. The van der Waals surface area contributed by atoms with Crippen LogP contribution < -0.4 is 16.0 Å². The van der Waals surface area contributed by atoms with Crippen molar-refractivity contribution in [3.8, 4) is 0 Å². The molecule has 0 aromatic heterocycles. The summed E-state index contributed by atoms with van der Waals surface area (Å²) in [6.45, 7) is 1.55. The predicted octanol–water partition coefficient (Wildman–Crippen LogP) is 1.71. The molecule has 0 heterocycles. The molecule has 0 radical (unpaired) electrons. The summed E-state index contributed by atoms with van der Waals surface area (Å²) in [5.74, 6) is -0.834. The third-order valence-electron chi connectivity index (χ3n) is 3.10. The van der Waals surface area contributed by atoms with Crippen LogP contribution >= 0.6 is 23.2 Å². The number of nitrogens with zero attached hydrogens (tertiary/aromatic N) is 1. The zero-order chi connectivity index (χ0) is 17.6. The van der Waals surface area contributed by atoms with Crippen LogP contribution in [-0.4, -0.2) is 49.4 Å². The number of carbonyl (C=O) groups excluding carboxylic acids is 3. The van der Waals surface area contributed by atoms with Crippen molar-refractivity contribution in [3.63, 3.8) is 0 Å². The van der Waals surface area contributed by atoms with Crippen molar-refractivity contribution in [2.45, 2.75) is 13.0 Å². The Morgan fingerprint density at radius 3 is 2.43 bits per heavy atom. The van der Waals surface area contributed by atoms with Crippen LogP contribution in [0.15, 0.2) is 18.2 Å². The summed E-state index contributed by atoms with van der Waals surface area (Å²) in [5, 5.41) is 7.81. The van der Waals surface area contributed by atoms with Crippen LogP contribution in [0.4, 0.5) is 10.5 Å². The summed E-state index contributed by atoms with van der Waals surface area (Å²) in [6.07, 6.45) is 0. The van der Waals surface area contributed by atoms with Crippen molar-refractivity contribution in [1.29, 1.82) is 0 Å². The third-order valence-corrected chi connectivity index (χ3v) is 3.84. The van der Waals surface area contributed by atoms with Gasteiger partial charge in [0.05, 0.1) is 22.6 Å². The average Bonchev–Trinajstić information content (AvgIpc) is 2.49. The van der Waals surface area contributed by atoms with Gasteiger partial charge >= 0.3 is 6.03 Å². The number of imide groups is 1. The molecule has 1 unspecified atom stereocenters. The fraction of sp³-hybridized carbons (Fsp3) is 0.357. The van der Waals surface area contributed by atoms with Gasteiger partial charge in [-0.05, 0) is 32.2 Å². The maximum absolute atomic E-state index is 12.0.